The van der Waals surface area contributed by atoms with E-state index in [1.165, 1.54) is 20.3 Å². The zero-order valence-corrected chi connectivity index (χ0v) is 27.8. The van der Waals surface area contributed by atoms with E-state index >= 15 is 0 Å². The number of methoxy groups -OCH3 is 1. The van der Waals surface area contributed by atoms with Gasteiger partial charge in [0.25, 0.3) is 11.5 Å². The fourth-order valence-corrected chi connectivity index (χ4v) is 7.06. The first-order valence-electron chi connectivity index (χ1n) is 15.2. The quantitative estimate of drug-likeness (QED) is 0.250. The van der Waals surface area contributed by atoms with Crippen LogP contribution in [0.25, 0.3) is 22.4 Å². The Labute approximate surface area is 280 Å². The summed E-state index contributed by atoms with van der Waals surface area (Å²) in [5.74, 6) is 0.187. The van der Waals surface area contributed by atoms with Crippen LogP contribution in [0.3, 0.4) is 0 Å². The van der Waals surface area contributed by atoms with E-state index in [-0.39, 0.29) is 40.2 Å². The molecule has 0 radical (unpaired) electrons. The largest absolute Gasteiger partial charge is 0.481 e. The van der Waals surface area contributed by atoms with E-state index in [1.54, 1.807) is 25.3 Å². The second kappa shape index (κ2) is 13.0. The number of amides is 2. The molecule has 2 amide bonds. The Morgan fingerprint density at radius 3 is 2.47 bits per heavy atom. The number of benzene rings is 2. The lowest BCUT2D eigenvalue weighted by molar-refractivity contribution is -0.119. The van der Waals surface area contributed by atoms with Gasteiger partial charge < -0.3 is 25.3 Å². The molecule has 1 saturated heterocycles. The number of pyridine rings is 1. The number of carbonyl (C=O) groups excluding carboxylic acids is 2. The molecule has 6 rings (SSSR count). The molecule has 2 aliphatic rings. The number of fused-ring (bicyclic) bond motifs is 1. The maximum atomic E-state index is 13.1. The Balaban J connectivity index is 1.31. The van der Waals surface area contributed by atoms with Crippen LogP contribution in [0.15, 0.2) is 58.3 Å². The summed E-state index contributed by atoms with van der Waals surface area (Å²) in [6, 6.07) is 12.9. The van der Waals surface area contributed by atoms with Crippen molar-refractivity contribution in [2.24, 2.45) is 20.0 Å². The van der Waals surface area contributed by atoms with Crippen LogP contribution in [0, 0.1) is 5.92 Å². The molecule has 2 aromatic heterocycles. The molecule has 13 heteroatoms. The number of nitrogens with zero attached hydrogens (tertiary/aromatic N) is 3. The number of hydrogen-bond acceptors (Lipinski definition) is 7. The van der Waals surface area contributed by atoms with Crippen molar-refractivity contribution in [3.05, 3.63) is 96.2 Å². The average Bonchev–Trinajstić information content (AvgIpc) is 3.62. The van der Waals surface area contributed by atoms with Crippen molar-refractivity contribution in [2.45, 2.75) is 38.3 Å². The molecular formula is C34H34Cl2N6O5. The summed E-state index contributed by atoms with van der Waals surface area (Å²) in [6.45, 7) is 2.85. The Bertz CT molecular complexity index is 2040. The van der Waals surface area contributed by atoms with E-state index in [0.717, 1.165) is 33.1 Å². The van der Waals surface area contributed by atoms with Gasteiger partial charge in [-0.2, -0.15) is 0 Å². The molecule has 2 aromatic carbocycles. The predicted octanol–water partition coefficient (Wildman–Crippen LogP) is 4.48. The lowest BCUT2D eigenvalue weighted by atomic mass is 9.99. The van der Waals surface area contributed by atoms with Gasteiger partial charge in [-0.3, -0.25) is 19.0 Å². The summed E-state index contributed by atoms with van der Waals surface area (Å²) in [4.78, 5) is 54.4. The van der Waals surface area contributed by atoms with Crippen LogP contribution in [0.5, 0.6) is 5.88 Å². The van der Waals surface area contributed by atoms with Gasteiger partial charge in [-0.25, -0.2) is 9.78 Å². The highest BCUT2D eigenvalue weighted by atomic mass is 35.5. The molecule has 47 heavy (non-hydrogen) atoms. The predicted molar refractivity (Wildman–Crippen MR) is 181 cm³/mol. The van der Waals surface area contributed by atoms with Gasteiger partial charge in [0.2, 0.25) is 11.8 Å². The summed E-state index contributed by atoms with van der Waals surface area (Å²) >= 11 is 13.9. The van der Waals surface area contributed by atoms with Gasteiger partial charge in [-0.05, 0) is 36.5 Å². The number of aromatic nitrogens is 3. The monoisotopic (exact) mass is 676 g/mol. The number of halogens is 2. The van der Waals surface area contributed by atoms with Crippen LogP contribution in [0.2, 0.25) is 10.0 Å². The first-order valence-corrected chi connectivity index (χ1v) is 16.0. The van der Waals surface area contributed by atoms with Crippen LogP contribution in [-0.4, -0.2) is 45.6 Å². The minimum atomic E-state index is -0.718. The highest BCUT2D eigenvalue weighted by molar-refractivity contribution is 6.39. The van der Waals surface area contributed by atoms with Gasteiger partial charge in [0.05, 0.1) is 28.5 Å². The van der Waals surface area contributed by atoms with E-state index in [1.807, 2.05) is 24.3 Å². The van der Waals surface area contributed by atoms with Crippen molar-refractivity contribution in [1.82, 2.24) is 24.8 Å². The zero-order chi connectivity index (χ0) is 33.6. The minimum absolute atomic E-state index is 0.0264. The highest BCUT2D eigenvalue weighted by Crippen LogP contribution is 2.45. The van der Waals surface area contributed by atoms with Crippen molar-refractivity contribution in [2.75, 3.05) is 19.0 Å². The minimum Gasteiger partial charge on any atom is -0.481 e. The summed E-state index contributed by atoms with van der Waals surface area (Å²) in [6.07, 6.45) is 3.39. The Morgan fingerprint density at radius 2 is 1.77 bits per heavy atom. The lowest BCUT2D eigenvalue weighted by Gasteiger charge is -2.22. The molecule has 1 unspecified atom stereocenters. The summed E-state index contributed by atoms with van der Waals surface area (Å²) in [5, 5.41) is 9.99. The van der Waals surface area contributed by atoms with Crippen molar-refractivity contribution in [3.63, 3.8) is 0 Å². The van der Waals surface area contributed by atoms with Crippen LogP contribution in [0.1, 0.15) is 47.3 Å². The van der Waals surface area contributed by atoms with Gasteiger partial charge >= 0.3 is 5.69 Å². The Hall–Kier alpha value is -4.45. The van der Waals surface area contributed by atoms with Crippen LogP contribution >= 0.6 is 23.2 Å². The number of ether oxygens (including phenoxy) is 1. The number of nitrogens with one attached hydrogen (secondary N) is 3. The first-order chi connectivity index (χ1) is 22.5. The smallest absolute Gasteiger partial charge is 0.330 e. The number of carbonyl (C=O) groups is 2. The molecule has 3 heterocycles. The van der Waals surface area contributed by atoms with E-state index in [4.69, 9.17) is 32.9 Å². The third-order valence-corrected chi connectivity index (χ3v) is 9.71. The fraction of sp³-hybridized carbons (Fsp3) is 0.324. The number of anilines is 1. The second-order valence-corrected chi connectivity index (χ2v) is 12.8. The molecular weight excluding hydrogens is 643 g/mol. The number of hydrogen-bond donors (Lipinski definition) is 3. The molecule has 1 aliphatic carbocycles. The average molecular weight is 678 g/mol. The molecule has 1 aliphatic heterocycles. The second-order valence-electron chi connectivity index (χ2n) is 12.0. The molecule has 244 valence electrons. The van der Waals surface area contributed by atoms with Gasteiger partial charge in [0.15, 0.2) is 0 Å². The first kappa shape index (κ1) is 32.5. The molecule has 3 N–H and O–H groups in total. The number of rotatable bonds is 8. The van der Waals surface area contributed by atoms with Gasteiger partial charge in [0.1, 0.15) is 5.56 Å². The van der Waals surface area contributed by atoms with Crippen molar-refractivity contribution < 1.29 is 14.3 Å². The van der Waals surface area contributed by atoms with Crippen LogP contribution in [0.4, 0.5) is 5.69 Å². The van der Waals surface area contributed by atoms with Gasteiger partial charge in [0, 0.05) is 67.6 Å². The molecule has 0 bridgehead atoms. The van der Waals surface area contributed by atoms with Crippen molar-refractivity contribution >= 4 is 40.7 Å². The molecule has 4 aromatic rings. The normalized spacial score (nSPS) is 18.6. The summed E-state index contributed by atoms with van der Waals surface area (Å²) in [5.41, 5.74) is 3.45. The van der Waals surface area contributed by atoms with Crippen LogP contribution in [-0.2, 0) is 25.3 Å². The van der Waals surface area contributed by atoms with Crippen LogP contribution < -0.4 is 31.9 Å². The van der Waals surface area contributed by atoms with Gasteiger partial charge in [-0.15, -0.1) is 0 Å². The Kier molecular flexibility index (Phi) is 8.97. The van der Waals surface area contributed by atoms with Crippen molar-refractivity contribution in [3.8, 4) is 28.3 Å². The standard InChI is InChI=1S/C34H34Cl2N6O5/c1-17-13-18-14-25(40-32(47-4)27(18)30(17)37-15-19-11-12-26(43)38-19)22-9-5-7-20(28(22)35)21-8-6-10-24(29(21)36)39-31(44)23-16-41(2)34(46)42(3)33(23)45/h5-10,14,16-17,19,30,37H,11-13,15H2,1-4H3,(H,38,43)(H,39,44)/t17-,19?,30-/m0/s1. The molecule has 1 fully saturated rings. The lowest BCUT2D eigenvalue weighted by Crippen LogP contribution is -2.40. The summed E-state index contributed by atoms with van der Waals surface area (Å²) in [7, 11) is 4.37. The topological polar surface area (TPSA) is 136 Å². The fourth-order valence-electron chi connectivity index (χ4n) is 6.46. The zero-order valence-electron chi connectivity index (χ0n) is 26.3. The third kappa shape index (κ3) is 6.06. The van der Waals surface area contributed by atoms with E-state index in [9.17, 15) is 19.2 Å². The Morgan fingerprint density at radius 1 is 1.06 bits per heavy atom. The SMILES string of the molecule is COc1nc(-c2cccc(-c3cccc(NC(=O)c4cn(C)c(=O)n(C)c4=O)c3Cl)c2Cl)cc2c1[C@@H](NCC1CCC(=O)N1)[C@@H](C)C2. The molecule has 3 atom stereocenters. The number of aryl methyl sites for hydroxylation is 1. The summed E-state index contributed by atoms with van der Waals surface area (Å²) < 4.78 is 7.84. The molecule has 0 spiro atoms. The third-order valence-electron chi connectivity index (χ3n) is 8.90. The van der Waals surface area contributed by atoms with Crippen molar-refractivity contribution in [1.29, 1.82) is 0 Å². The highest BCUT2D eigenvalue weighted by Gasteiger charge is 2.35. The van der Waals surface area contributed by atoms with Gasteiger partial charge in [-0.1, -0.05) is 60.5 Å². The maximum Gasteiger partial charge on any atom is 0.330 e. The van der Waals surface area contributed by atoms with E-state index < -0.39 is 17.2 Å². The molecule has 0 saturated carbocycles. The van der Waals surface area contributed by atoms with E-state index in [0.29, 0.717) is 46.3 Å². The molecule has 11 nitrogen and oxygen atoms in total. The van der Waals surface area contributed by atoms with E-state index in [2.05, 4.69) is 22.9 Å². The maximum absolute atomic E-state index is 13.1.